The smallest absolute Gasteiger partial charge is 0.255 e. The second-order valence-corrected chi connectivity index (χ2v) is 6.51. The first-order chi connectivity index (χ1) is 12.2. The van der Waals surface area contributed by atoms with Crippen LogP contribution in [0.25, 0.3) is 5.65 Å². The van der Waals surface area contributed by atoms with Gasteiger partial charge in [0.05, 0.1) is 11.7 Å². The van der Waals surface area contributed by atoms with Crippen molar-refractivity contribution in [3.05, 3.63) is 60.3 Å². The molecule has 0 aromatic carbocycles. The summed E-state index contributed by atoms with van der Waals surface area (Å²) in [6.45, 7) is 0. The van der Waals surface area contributed by atoms with Crippen LogP contribution in [-0.2, 0) is 6.42 Å². The van der Waals surface area contributed by atoms with Gasteiger partial charge in [-0.1, -0.05) is 0 Å². The van der Waals surface area contributed by atoms with Gasteiger partial charge in [0.2, 0.25) is 0 Å². The predicted molar refractivity (Wildman–Crippen MR) is 90.9 cm³/mol. The third-order valence-electron chi connectivity index (χ3n) is 4.81. The van der Waals surface area contributed by atoms with Crippen molar-refractivity contribution in [3.63, 3.8) is 0 Å². The van der Waals surface area contributed by atoms with Crippen LogP contribution >= 0.6 is 0 Å². The van der Waals surface area contributed by atoms with E-state index in [2.05, 4.69) is 20.5 Å². The summed E-state index contributed by atoms with van der Waals surface area (Å²) in [6, 6.07) is 7.41. The predicted octanol–water partition coefficient (Wildman–Crippen LogP) is 1.24. The highest BCUT2D eigenvalue weighted by Crippen LogP contribution is 2.32. The number of rotatable bonds is 5. The van der Waals surface area contributed by atoms with Gasteiger partial charge in [-0.25, -0.2) is 0 Å². The fraction of sp³-hybridized carbons (Fsp3) is 0.333. The van der Waals surface area contributed by atoms with Crippen molar-refractivity contribution in [1.29, 1.82) is 0 Å². The number of fused-ring (bicyclic) bond motifs is 1. The second-order valence-electron chi connectivity index (χ2n) is 6.51. The molecule has 7 heteroatoms. The van der Waals surface area contributed by atoms with E-state index in [1.807, 2.05) is 18.3 Å². The first-order valence-electron chi connectivity index (χ1n) is 8.37. The number of aliphatic hydroxyl groups is 1. The average Bonchev–Trinajstić information content (AvgIpc) is 3.08. The monoisotopic (exact) mass is 337 g/mol. The Morgan fingerprint density at radius 1 is 1.32 bits per heavy atom. The van der Waals surface area contributed by atoms with Gasteiger partial charge in [-0.3, -0.25) is 14.2 Å². The highest BCUT2D eigenvalue weighted by atomic mass is 16.3. The Morgan fingerprint density at radius 3 is 2.88 bits per heavy atom. The van der Waals surface area contributed by atoms with Crippen molar-refractivity contribution in [2.45, 2.75) is 31.4 Å². The van der Waals surface area contributed by atoms with E-state index in [-0.39, 0.29) is 24.0 Å². The lowest BCUT2D eigenvalue weighted by molar-refractivity contribution is 0.0239. The quantitative estimate of drug-likeness (QED) is 0.731. The molecule has 0 aliphatic heterocycles. The topological polar surface area (TPSA) is 92.4 Å². The van der Waals surface area contributed by atoms with Gasteiger partial charge in [-0.15, -0.1) is 10.2 Å². The van der Waals surface area contributed by atoms with Crippen molar-refractivity contribution >= 4 is 11.6 Å². The van der Waals surface area contributed by atoms with E-state index in [0.29, 0.717) is 30.5 Å². The van der Waals surface area contributed by atoms with Crippen molar-refractivity contribution in [3.8, 4) is 0 Å². The molecule has 25 heavy (non-hydrogen) atoms. The number of pyridine rings is 2. The number of aromatic nitrogens is 4. The molecule has 1 aliphatic rings. The Bertz CT molecular complexity index is 873. The number of hydrogen-bond acceptors (Lipinski definition) is 5. The zero-order valence-corrected chi connectivity index (χ0v) is 13.6. The molecular weight excluding hydrogens is 318 g/mol. The van der Waals surface area contributed by atoms with Crippen LogP contribution in [0.4, 0.5) is 0 Å². The lowest BCUT2D eigenvalue weighted by Gasteiger charge is -2.38. The van der Waals surface area contributed by atoms with Crippen LogP contribution in [-0.4, -0.2) is 42.7 Å². The van der Waals surface area contributed by atoms with Crippen LogP contribution in [0.15, 0.2) is 49.2 Å². The maximum absolute atomic E-state index is 12.8. The zero-order chi connectivity index (χ0) is 17.2. The molecule has 0 bridgehead atoms. The first kappa shape index (κ1) is 15.7. The van der Waals surface area contributed by atoms with E-state index in [1.165, 1.54) is 0 Å². The fourth-order valence-corrected chi connectivity index (χ4v) is 3.34. The minimum atomic E-state index is -0.262. The van der Waals surface area contributed by atoms with Gasteiger partial charge in [0.25, 0.3) is 5.91 Å². The molecule has 1 atom stereocenters. The molecule has 0 unspecified atom stereocenters. The molecule has 7 nitrogen and oxygen atoms in total. The molecule has 1 aliphatic carbocycles. The number of nitrogens with one attached hydrogen (secondary N) is 1. The van der Waals surface area contributed by atoms with Crippen LogP contribution in [0, 0.1) is 5.92 Å². The Labute approximate surface area is 144 Å². The minimum Gasteiger partial charge on any atom is -0.393 e. The molecule has 2 N–H and O–H groups in total. The summed E-state index contributed by atoms with van der Waals surface area (Å²) in [5.74, 6) is 0.101. The molecule has 3 aromatic rings. The molecule has 0 radical (unpaired) electrons. The normalized spacial score (nSPS) is 20.8. The van der Waals surface area contributed by atoms with Gasteiger partial charge in [0.1, 0.15) is 6.33 Å². The lowest BCUT2D eigenvalue weighted by Crippen LogP contribution is -2.48. The minimum absolute atomic E-state index is 0.0403. The maximum Gasteiger partial charge on any atom is 0.255 e. The number of carbonyl (C=O) groups excluding carboxylic acids is 1. The van der Waals surface area contributed by atoms with E-state index >= 15 is 0 Å². The highest BCUT2D eigenvalue weighted by molar-refractivity contribution is 5.99. The Hall–Kier alpha value is -2.80. The summed E-state index contributed by atoms with van der Waals surface area (Å²) in [7, 11) is 0. The number of hydrogen-bond donors (Lipinski definition) is 2. The zero-order valence-electron chi connectivity index (χ0n) is 13.6. The van der Waals surface area contributed by atoms with Crippen LogP contribution in [0.5, 0.6) is 0 Å². The van der Waals surface area contributed by atoms with Crippen molar-refractivity contribution in [1.82, 2.24) is 24.9 Å². The Balaban J connectivity index is 1.55. The van der Waals surface area contributed by atoms with E-state index < -0.39 is 0 Å². The van der Waals surface area contributed by atoms with Crippen LogP contribution in [0.3, 0.4) is 0 Å². The number of nitrogens with zero attached hydrogens (tertiary/aromatic N) is 4. The standard InChI is InChI=1S/C18H19N5O2/c24-14-9-13(10-14)16(8-12-3-5-19-6-4-12)21-18(25)15-2-1-7-23-11-20-22-17(15)23/h1-7,11,13-14,16,24H,8-10H2,(H,21,25)/t13?,14?,16-/m1/s1. The molecule has 3 aromatic heterocycles. The van der Waals surface area contributed by atoms with E-state index in [0.717, 1.165) is 5.56 Å². The largest absolute Gasteiger partial charge is 0.393 e. The van der Waals surface area contributed by atoms with Crippen molar-refractivity contribution in [2.24, 2.45) is 5.92 Å². The van der Waals surface area contributed by atoms with Gasteiger partial charge in [0, 0.05) is 24.6 Å². The number of amides is 1. The molecular formula is C18H19N5O2. The van der Waals surface area contributed by atoms with Gasteiger partial charge >= 0.3 is 0 Å². The summed E-state index contributed by atoms with van der Waals surface area (Å²) >= 11 is 0. The number of carbonyl (C=O) groups is 1. The Kier molecular flexibility index (Phi) is 4.15. The van der Waals surface area contributed by atoms with E-state index in [9.17, 15) is 9.90 Å². The summed E-state index contributed by atoms with van der Waals surface area (Å²) in [5.41, 5.74) is 2.15. The van der Waals surface area contributed by atoms with Crippen LogP contribution < -0.4 is 5.32 Å². The van der Waals surface area contributed by atoms with Gasteiger partial charge in [0.15, 0.2) is 5.65 Å². The van der Waals surface area contributed by atoms with Crippen molar-refractivity contribution in [2.75, 3.05) is 0 Å². The Morgan fingerprint density at radius 2 is 2.12 bits per heavy atom. The van der Waals surface area contributed by atoms with Gasteiger partial charge in [-0.05, 0) is 55.0 Å². The molecule has 1 amide bonds. The summed E-state index contributed by atoms with van der Waals surface area (Å²) in [6.07, 6.45) is 8.76. The van der Waals surface area contributed by atoms with E-state index in [4.69, 9.17) is 0 Å². The van der Waals surface area contributed by atoms with E-state index in [1.54, 1.807) is 35.3 Å². The third-order valence-corrected chi connectivity index (χ3v) is 4.81. The molecule has 128 valence electrons. The van der Waals surface area contributed by atoms with Crippen molar-refractivity contribution < 1.29 is 9.90 Å². The maximum atomic E-state index is 12.8. The average molecular weight is 337 g/mol. The molecule has 0 saturated heterocycles. The molecule has 1 saturated carbocycles. The lowest BCUT2D eigenvalue weighted by atomic mass is 9.75. The SMILES string of the molecule is O=C(N[C@H](Cc1ccncc1)C1CC(O)C1)c1cccn2cnnc12. The van der Waals surface area contributed by atoms with Crippen LogP contribution in [0.1, 0.15) is 28.8 Å². The number of aliphatic hydroxyl groups excluding tert-OH is 1. The first-order valence-corrected chi connectivity index (χ1v) is 8.37. The van der Waals surface area contributed by atoms with Gasteiger partial charge in [-0.2, -0.15) is 0 Å². The highest BCUT2D eigenvalue weighted by Gasteiger charge is 2.35. The summed E-state index contributed by atoms with van der Waals surface area (Å²) in [5, 5.41) is 20.7. The molecule has 3 heterocycles. The van der Waals surface area contributed by atoms with Gasteiger partial charge < -0.3 is 10.4 Å². The summed E-state index contributed by atoms with van der Waals surface area (Å²) in [4.78, 5) is 16.9. The molecule has 0 spiro atoms. The second kappa shape index (κ2) is 6.60. The third kappa shape index (κ3) is 3.23. The molecule has 1 fully saturated rings. The van der Waals surface area contributed by atoms with Crippen LogP contribution in [0.2, 0.25) is 0 Å². The summed E-state index contributed by atoms with van der Waals surface area (Å²) < 4.78 is 1.72. The molecule has 4 rings (SSSR count). The fourth-order valence-electron chi connectivity index (χ4n) is 3.34.